The number of carbonyl (C=O) groups excluding carboxylic acids is 1. The third-order valence-electron chi connectivity index (χ3n) is 2.94. The molecule has 0 radical (unpaired) electrons. The van der Waals surface area contributed by atoms with Gasteiger partial charge in [-0.25, -0.2) is 9.37 Å². The molecule has 0 spiro atoms. The average Bonchev–Trinajstić information content (AvgIpc) is 2.44. The summed E-state index contributed by atoms with van der Waals surface area (Å²) in [6, 6.07) is 4.98. The second-order valence-corrected chi connectivity index (χ2v) is 4.51. The van der Waals surface area contributed by atoms with Crippen LogP contribution < -0.4 is 21.1 Å². The molecule has 1 aliphatic rings. The van der Waals surface area contributed by atoms with Crippen LogP contribution in [0.4, 0.5) is 27.5 Å². The van der Waals surface area contributed by atoms with Gasteiger partial charge in [-0.1, -0.05) is 0 Å². The zero-order chi connectivity index (χ0) is 15.0. The minimum Gasteiger partial charge on any atom is -0.479 e. The molecule has 1 aliphatic heterocycles. The van der Waals surface area contributed by atoms with Gasteiger partial charge < -0.3 is 21.1 Å². The van der Waals surface area contributed by atoms with Gasteiger partial charge in [-0.15, -0.1) is 0 Å². The number of rotatable bonds is 2. The van der Waals surface area contributed by atoms with E-state index in [1.807, 2.05) is 0 Å². The molecule has 2 aromatic rings. The van der Waals surface area contributed by atoms with Gasteiger partial charge in [0.1, 0.15) is 5.75 Å². The maximum Gasteiger partial charge on any atom is 0.265 e. The highest BCUT2D eigenvalue weighted by Crippen LogP contribution is 2.33. The molecular formula is C13H12FN5O2. The number of ether oxygens (including phenoxy) is 1. The van der Waals surface area contributed by atoms with E-state index in [1.165, 1.54) is 0 Å². The van der Waals surface area contributed by atoms with Crippen molar-refractivity contribution in [2.75, 3.05) is 16.4 Å². The lowest BCUT2D eigenvalue weighted by Crippen LogP contribution is -2.34. The number of carbonyl (C=O) groups is 1. The number of nitrogen functional groups attached to an aromatic ring is 1. The van der Waals surface area contributed by atoms with Gasteiger partial charge >= 0.3 is 0 Å². The minimum atomic E-state index is -0.629. The molecule has 4 N–H and O–H groups in total. The van der Waals surface area contributed by atoms with Gasteiger partial charge in [-0.05, 0) is 25.1 Å². The molecule has 2 heterocycles. The molecule has 0 unspecified atom stereocenters. The van der Waals surface area contributed by atoms with Crippen LogP contribution in [0.15, 0.2) is 24.4 Å². The van der Waals surface area contributed by atoms with Crippen molar-refractivity contribution in [3.05, 3.63) is 30.2 Å². The lowest BCUT2D eigenvalue weighted by molar-refractivity contribution is -0.122. The van der Waals surface area contributed by atoms with Gasteiger partial charge in [-0.3, -0.25) is 4.79 Å². The molecule has 0 aliphatic carbocycles. The summed E-state index contributed by atoms with van der Waals surface area (Å²) in [4.78, 5) is 18.9. The Labute approximate surface area is 119 Å². The molecule has 0 saturated carbocycles. The second-order valence-electron chi connectivity index (χ2n) is 4.51. The summed E-state index contributed by atoms with van der Waals surface area (Å²) >= 11 is 0. The molecule has 8 heteroatoms. The van der Waals surface area contributed by atoms with Crippen LogP contribution in [0.3, 0.4) is 0 Å². The van der Waals surface area contributed by atoms with Crippen molar-refractivity contribution in [1.29, 1.82) is 0 Å². The lowest BCUT2D eigenvalue weighted by atomic mass is 10.2. The number of hydrogen-bond donors (Lipinski definition) is 3. The monoisotopic (exact) mass is 289 g/mol. The van der Waals surface area contributed by atoms with Crippen LogP contribution in [-0.4, -0.2) is 22.0 Å². The third-order valence-corrected chi connectivity index (χ3v) is 2.94. The zero-order valence-corrected chi connectivity index (χ0v) is 11.1. The summed E-state index contributed by atoms with van der Waals surface area (Å²) in [5.41, 5.74) is 6.46. The molecule has 0 saturated heterocycles. The Hall–Kier alpha value is -2.90. The van der Waals surface area contributed by atoms with Gasteiger partial charge in [-0.2, -0.15) is 4.98 Å². The van der Waals surface area contributed by atoms with Crippen LogP contribution in [0, 0.1) is 5.82 Å². The first-order valence-corrected chi connectivity index (χ1v) is 6.19. The summed E-state index contributed by atoms with van der Waals surface area (Å²) in [6.45, 7) is 1.66. The van der Waals surface area contributed by atoms with Crippen LogP contribution in [0.2, 0.25) is 0 Å². The number of halogens is 1. The van der Waals surface area contributed by atoms with E-state index in [1.54, 1.807) is 25.1 Å². The first-order valence-electron chi connectivity index (χ1n) is 6.19. The van der Waals surface area contributed by atoms with Crippen molar-refractivity contribution in [3.8, 4) is 5.75 Å². The van der Waals surface area contributed by atoms with Crippen molar-refractivity contribution in [2.24, 2.45) is 0 Å². The average molecular weight is 289 g/mol. The van der Waals surface area contributed by atoms with Gasteiger partial charge in [0.2, 0.25) is 5.95 Å². The highest BCUT2D eigenvalue weighted by Gasteiger charge is 2.23. The van der Waals surface area contributed by atoms with Crippen molar-refractivity contribution in [2.45, 2.75) is 13.0 Å². The van der Waals surface area contributed by atoms with Crippen molar-refractivity contribution >= 4 is 29.0 Å². The molecule has 1 atom stereocenters. The normalized spacial score (nSPS) is 16.7. The molecule has 0 fully saturated rings. The summed E-state index contributed by atoms with van der Waals surface area (Å²) in [7, 11) is 0. The maximum absolute atomic E-state index is 13.6. The Morgan fingerprint density at radius 1 is 1.48 bits per heavy atom. The first-order chi connectivity index (χ1) is 10.0. The Kier molecular flexibility index (Phi) is 3.05. The number of nitrogens with two attached hydrogens (primary N) is 1. The number of nitrogens with one attached hydrogen (secondary N) is 2. The highest BCUT2D eigenvalue weighted by atomic mass is 19.1. The second kappa shape index (κ2) is 4.89. The summed E-state index contributed by atoms with van der Waals surface area (Å²) in [6.07, 6.45) is 0.436. The fourth-order valence-corrected chi connectivity index (χ4v) is 1.89. The molecule has 7 nitrogen and oxygen atoms in total. The first kappa shape index (κ1) is 13.1. The van der Waals surface area contributed by atoms with Crippen LogP contribution in [0.25, 0.3) is 0 Å². The number of hydrogen-bond acceptors (Lipinski definition) is 6. The Morgan fingerprint density at radius 3 is 3.10 bits per heavy atom. The smallest absolute Gasteiger partial charge is 0.265 e. The van der Waals surface area contributed by atoms with Gasteiger partial charge in [0, 0.05) is 5.69 Å². The molecule has 3 rings (SSSR count). The van der Waals surface area contributed by atoms with Crippen LogP contribution in [0.5, 0.6) is 5.75 Å². The van der Waals surface area contributed by atoms with Gasteiger partial charge in [0.05, 0.1) is 11.9 Å². The van der Waals surface area contributed by atoms with E-state index in [0.717, 1.165) is 6.20 Å². The molecule has 1 aromatic heterocycles. The van der Waals surface area contributed by atoms with E-state index in [2.05, 4.69) is 20.6 Å². The SMILES string of the molecule is C[C@@H]1Oc2ccc(Nc3nc(N)ncc3F)cc2NC1=O. The zero-order valence-electron chi connectivity index (χ0n) is 11.1. The standard InChI is InChI=1S/C13H12FN5O2/c1-6-12(20)18-9-4-7(2-3-10(9)21-6)17-11-8(14)5-16-13(15)19-11/h2-6H,1H3,(H,18,20)(H3,15,16,17,19)/t6-/m0/s1. The van der Waals surface area contributed by atoms with Crippen molar-refractivity contribution in [1.82, 2.24) is 9.97 Å². The van der Waals surface area contributed by atoms with E-state index < -0.39 is 11.9 Å². The van der Waals surface area contributed by atoms with Gasteiger partial charge in [0.25, 0.3) is 5.91 Å². The lowest BCUT2D eigenvalue weighted by Gasteiger charge is -2.23. The molecule has 108 valence electrons. The maximum atomic E-state index is 13.6. The quantitative estimate of drug-likeness (QED) is 0.777. The van der Waals surface area contributed by atoms with E-state index in [0.29, 0.717) is 17.1 Å². The van der Waals surface area contributed by atoms with E-state index in [-0.39, 0.29) is 17.7 Å². The Morgan fingerprint density at radius 2 is 2.29 bits per heavy atom. The summed E-state index contributed by atoms with van der Waals surface area (Å²) in [5, 5.41) is 5.48. The van der Waals surface area contributed by atoms with Crippen LogP contribution in [-0.2, 0) is 4.79 Å². The molecule has 1 aromatic carbocycles. The number of nitrogens with zero attached hydrogens (tertiary/aromatic N) is 2. The Balaban J connectivity index is 1.89. The summed E-state index contributed by atoms with van der Waals surface area (Å²) < 4.78 is 19.0. The fourth-order valence-electron chi connectivity index (χ4n) is 1.89. The highest BCUT2D eigenvalue weighted by molar-refractivity contribution is 5.98. The molecule has 0 bridgehead atoms. The summed E-state index contributed by atoms with van der Waals surface area (Å²) in [5.74, 6) is -0.399. The van der Waals surface area contributed by atoms with Crippen molar-refractivity contribution in [3.63, 3.8) is 0 Å². The van der Waals surface area contributed by atoms with Crippen LogP contribution in [0.1, 0.15) is 6.92 Å². The van der Waals surface area contributed by atoms with E-state index in [4.69, 9.17) is 10.5 Å². The van der Waals surface area contributed by atoms with E-state index in [9.17, 15) is 9.18 Å². The molecular weight excluding hydrogens is 277 g/mol. The number of aromatic nitrogens is 2. The minimum absolute atomic E-state index is 0.0395. The van der Waals surface area contributed by atoms with Gasteiger partial charge in [0.15, 0.2) is 17.7 Å². The molecule has 1 amide bonds. The molecule has 21 heavy (non-hydrogen) atoms. The number of fused-ring (bicyclic) bond motifs is 1. The van der Waals surface area contributed by atoms with Crippen LogP contribution >= 0.6 is 0 Å². The predicted molar refractivity (Wildman–Crippen MR) is 74.8 cm³/mol. The number of anilines is 4. The van der Waals surface area contributed by atoms with Crippen molar-refractivity contribution < 1.29 is 13.9 Å². The predicted octanol–water partition coefficient (Wildman–Crippen LogP) is 1.66. The number of amides is 1. The number of benzene rings is 1. The topological polar surface area (TPSA) is 102 Å². The fraction of sp³-hybridized carbons (Fsp3) is 0.154. The Bertz CT molecular complexity index is 722. The largest absolute Gasteiger partial charge is 0.479 e. The van der Waals surface area contributed by atoms with E-state index >= 15 is 0 Å². The third kappa shape index (κ3) is 2.55.